The Morgan fingerprint density at radius 2 is 2.38 bits per heavy atom. The van der Waals surface area contributed by atoms with Crippen LogP contribution < -0.4 is 5.73 Å². The Bertz CT molecular complexity index is 330. The summed E-state index contributed by atoms with van der Waals surface area (Å²) in [7, 11) is 3.33. The number of rotatable bonds is 4. The zero-order valence-electron chi connectivity index (χ0n) is 9.45. The first-order valence-corrected chi connectivity index (χ1v) is 4.51. The van der Waals surface area contributed by atoms with E-state index in [1.165, 1.54) is 0 Å². The van der Waals surface area contributed by atoms with Crippen LogP contribution in [0.3, 0.4) is 0 Å². The van der Waals surface area contributed by atoms with Gasteiger partial charge in [0.05, 0.1) is 0 Å². The van der Waals surface area contributed by atoms with Gasteiger partial charge in [0.2, 0.25) is 0 Å². The van der Waals surface area contributed by atoms with Gasteiger partial charge in [0, 0.05) is 36.7 Å². The third kappa shape index (κ3) is 2.75. The average Bonchev–Trinajstić information content (AvgIpc) is 2.36. The van der Waals surface area contributed by atoms with Crippen molar-refractivity contribution >= 4 is 0 Å². The quantitative estimate of drug-likeness (QED) is 0.521. The van der Waals surface area contributed by atoms with Gasteiger partial charge in [0.25, 0.3) is 0 Å². The number of hydrogen-bond acceptors (Lipinski definition) is 5. The molecule has 0 aromatic heterocycles. The van der Waals surface area contributed by atoms with E-state index in [2.05, 4.69) is 18.9 Å². The van der Waals surface area contributed by atoms with Gasteiger partial charge >= 0.3 is 0 Å². The van der Waals surface area contributed by atoms with Crippen molar-refractivity contribution in [2.24, 2.45) is 10.9 Å². The zero-order valence-corrected chi connectivity index (χ0v) is 13.6. The predicted octanol–water partition coefficient (Wildman–Crippen LogP) is 1.46. The van der Waals surface area contributed by atoms with E-state index >= 15 is 0 Å². The summed E-state index contributed by atoms with van der Waals surface area (Å²) >= 11 is 0. The Kier molecular flexibility index (Phi) is 5.91. The second-order valence-electron chi connectivity index (χ2n) is 3.72. The van der Waals surface area contributed by atoms with Crippen molar-refractivity contribution in [3.63, 3.8) is 0 Å². The molecule has 0 aromatic rings. The first kappa shape index (κ1) is 15.9. The number of nitroso groups, excluding NO2 is 1. The molecule has 0 aromatic carbocycles. The molecular weight excluding hydrogens is 434 g/mol. The first-order chi connectivity index (χ1) is 6.96. The molecule has 0 saturated carbocycles. The molecule has 0 aliphatic carbocycles. The fourth-order valence-electron chi connectivity index (χ4n) is 1.71. The van der Waals surface area contributed by atoms with Gasteiger partial charge in [-0.3, -0.25) is 0 Å². The van der Waals surface area contributed by atoms with Gasteiger partial charge in [-0.1, -0.05) is 11.8 Å². The Morgan fingerprint density at radius 3 is 2.75 bits per heavy atom. The second-order valence-corrected chi connectivity index (χ2v) is 3.72. The summed E-state index contributed by atoms with van der Waals surface area (Å²) in [5.41, 5.74) is 6.21. The molecule has 1 aliphatic rings. The van der Waals surface area contributed by atoms with Crippen LogP contribution in [0.15, 0.2) is 28.7 Å². The molecule has 0 amide bonds. The van der Waals surface area contributed by atoms with E-state index in [-0.39, 0.29) is 37.7 Å². The van der Waals surface area contributed by atoms with E-state index in [0.29, 0.717) is 11.3 Å². The third-order valence-corrected chi connectivity index (χ3v) is 2.37. The van der Waals surface area contributed by atoms with Crippen molar-refractivity contribution in [1.82, 2.24) is 0 Å². The normalized spacial score (nSPS) is 28.6. The molecule has 0 bridgehead atoms. The fraction of sp³-hybridized carbons (Fsp3) is 0.500. The Balaban J connectivity index is 0.00000225. The van der Waals surface area contributed by atoms with Gasteiger partial charge in [-0.05, 0) is 19.4 Å². The zero-order chi connectivity index (χ0) is 11.6. The maximum absolute atomic E-state index is 10.3. The molecule has 88 valence electrons. The number of ether oxygens (including phenoxy) is 2. The van der Waals surface area contributed by atoms with Crippen molar-refractivity contribution in [2.45, 2.75) is 25.7 Å². The smallest absolute Gasteiger partial charge is 0.145 e. The largest absolute Gasteiger partial charge is 0.666 e. The van der Waals surface area contributed by atoms with Gasteiger partial charge in [-0.15, -0.1) is 0 Å². The van der Waals surface area contributed by atoms with Crippen molar-refractivity contribution < 1.29 is 40.6 Å². The van der Waals surface area contributed by atoms with E-state index in [9.17, 15) is 4.91 Å². The van der Waals surface area contributed by atoms with Gasteiger partial charge in [0.15, 0.2) is 0 Å². The molecule has 1 aliphatic heterocycles. The molecule has 2 unspecified atom stereocenters. The summed E-state index contributed by atoms with van der Waals surface area (Å²) < 4.78 is 10.4. The van der Waals surface area contributed by atoms with Crippen LogP contribution in [-0.4, -0.2) is 18.4 Å². The van der Waals surface area contributed by atoms with Crippen molar-refractivity contribution in [3.8, 4) is 0 Å². The van der Waals surface area contributed by atoms with Gasteiger partial charge < -0.3 is 15.2 Å². The predicted molar refractivity (Wildman–Crippen MR) is 56.4 cm³/mol. The van der Waals surface area contributed by atoms with Crippen molar-refractivity contribution in [3.05, 3.63) is 35.5 Å². The molecule has 2 atom stereocenters. The molecule has 1 heterocycles. The SMILES string of the molecule is C=C(C)C1=C(O[CH2-])C(C)(CN=O)OC1N.[U]. The second kappa shape index (κ2) is 5.97. The van der Waals surface area contributed by atoms with E-state index in [1.807, 2.05) is 0 Å². The van der Waals surface area contributed by atoms with Crippen molar-refractivity contribution in [2.75, 3.05) is 6.54 Å². The van der Waals surface area contributed by atoms with Crippen LogP contribution in [0.25, 0.3) is 0 Å². The molecule has 1 rings (SSSR count). The Morgan fingerprint density at radius 1 is 1.81 bits per heavy atom. The summed E-state index contributed by atoms with van der Waals surface area (Å²) in [6, 6.07) is 0. The van der Waals surface area contributed by atoms with E-state index in [1.54, 1.807) is 13.8 Å². The van der Waals surface area contributed by atoms with E-state index in [4.69, 9.17) is 15.2 Å². The Hall–Kier alpha value is -0.148. The first-order valence-electron chi connectivity index (χ1n) is 4.51. The molecule has 2 N–H and O–H groups in total. The molecular formula is C10H15N2O3U-. The summed E-state index contributed by atoms with van der Waals surface area (Å²) in [6.45, 7) is 7.18. The minimum absolute atomic E-state index is 0. The van der Waals surface area contributed by atoms with Crippen LogP contribution in [0.2, 0.25) is 0 Å². The Labute approximate surface area is 119 Å². The van der Waals surface area contributed by atoms with E-state index < -0.39 is 11.8 Å². The number of hydrogen-bond donors (Lipinski definition) is 1. The molecule has 0 fully saturated rings. The summed E-state index contributed by atoms with van der Waals surface area (Å²) in [5, 5.41) is 2.81. The number of nitrogens with zero attached hydrogens (tertiary/aromatic N) is 1. The maximum atomic E-state index is 10.3. The summed E-state index contributed by atoms with van der Waals surface area (Å²) in [4.78, 5) is 10.3. The molecule has 5 nitrogen and oxygen atoms in total. The summed E-state index contributed by atoms with van der Waals surface area (Å²) in [5.74, 6) is 0.433. The fourth-order valence-corrected chi connectivity index (χ4v) is 1.71. The standard InChI is InChI=1S/C10H15N2O3.U/c1-6(2)7-8(14-4)10(3,5-12-13)15-9(7)11;/h9H,1,4-5,11H2,2-3H3;/q-1;. The maximum Gasteiger partial charge on any atom is 0.145 e. The average molecular weight is 449 g/mol. The van der Waals surface area contributed by atoms with Crippen LogP contribution in [0.1, 0.15) is 13.8 Å². The van der Waals surface area contributed by atoms with Gasteiger partial charge in [-0.25, -0.2) is 0 Å². The molecule has 0 spiro atoms. The van der Waals surface area contributed by atoms with Crippen LogP contribution in [0.5, 0.6) is 0 Å². The molecule has 16 heavy (non-hydrogen) atoms. The van der Waals surface area contributed by atoms with Crippen molar-refractivity contribution in [1.29, 1.82) is 0 Å². The molecule has 6 heteroatoms. The van der Waals surface area contributed by atoms with Crippen LogP contribution in [0, 0.1) is 43.1 Å². The molecule has 0 radical (unpaired) electrons. The van der Waals surface area contributed by atoms with Crippen LogP contribution >= 0.6 is 0 Å². The van der Waals surface area contributed by atoms with Crippen LogP contribution in [0.4, 0.5) is 0 Å². The summed E-state index contributed by atoms with van der Waals surface area (Å²) in [6.07, 6.45) is -0.647. The third-order valence-electron chi connectivity index (χ3n) is 2.37. The van der Waals surface area contributed by atoms with Crippen LogP contribution in [-0.2, 0) is 9.47 Å². The molecule has 0 saturated heterocycles. The monoisotopic (exact) mass is 449 g/mol. The van der Waals surface area contributed by atoms with E-state index in [0.717, 1.165) is 5.57 Å². The number of nitrogens with two attached hydrogens (primary N) is 1. The topological polar surface area (TPSA) is 73.9 Å². The van der Waals surface area contributed by atoms with Gasteiger partial charge in [0.1, 0.15) is 24.1 Å². The minimum atomic E-state index is -0.933. The van der Waals surface area contributed by atoms with Gasteiger partial charge in [-0.2, -0.15) is 12.0 Å². The minimum Gasteiger partial charge on any atom is -0.666 e.